The predicted octanol–water partition coefficient (Wildman–Crippen LogP) is 1.03. The fraction of sp³-hybridized carbons (Fsp3) is 0.533. The van der Waals surface area contributed by atoms with Crippen molar-refractivity contribution in [2.75, 3.05) is 19.7 Å². The van der Waals surface area contributed by atoms with Crippen LogP contribution in [0, 0.1) is 5.92 Å². The zero-order valence-corrected chi connectivity index (χ0v) is 12.7. The normalized spacial score (nSPS) is 21.5. The van der Waals surface area contributed by atoms with Crippen molar-refractivity contribution in [1.29, 1.82) is 0 Å². The molecule has 1 aromatic heterocycles. The second-order valence-electron chi connectivity index (χ2n) is 5.39. The van der Waals surface area contributed by atoms with Crippen molar-refractivity contribution in [2.24, 2.45) is 13.0 Å². The number of carbonyl (C=O) groups excluding carboxylic acids is 1. The molecule has 0 radical (unpaired) electrons. The number of ether oxygens (including phenoxy) is 1. The number of likely N-dealkylation sites (tertiary alicyclic amines) is 1. The lowest BCUT2D eigenvalue weighted by Crippen LogP contribution is -2.45. The van der Waals surface area contributed by atoms with Crippen LogP contribution in [0.15, 0.2) is 23.1 Å². The van der Waals surface area contributed by atoms with Crippen molar-refractivity contribution in [3.05, 3.63) is 34.2 Å². The van der Waals surface area contributed by atoms with Crippen molar-refractivity contribution in [3.63, 3.8) is 0 Å². The molecule has 7 heteroatoms. The largest absolute Gasteiger partial charge is 0.466 e. The molecule has 0 aromatic carbocycles. The number of hydrogen-bond donors (Lipinski definition) is 1. The highest BCUT2D eigenvalue weighted by molar-refractivity contribution is 5.75. The van der Waals surface area contributed by atoms with Gasteiger partial charge in [0.05, 0.1) is 12.5 Å². The molecule has 0 spiro atoms. The molecule has 1 amide bonds. The number of aromatic nitrogens is 1. The molecule has 0 aliphatic carbocycles. The standard InChI is InChI=1S/C15H20N2O5/c1-3-22-14(19)12-9-17(15(20)21)7-5-11(12)10-4-6-16(2)13(18)8-10/h4,6,8,11-12H,3,5,7,9H2,1-2H3,(H,20,21)/t11-,12+/m1/s1. The molecular weight excluding hydrogens is 288 g/mol. The van der Waals surface area contributed by atoms with Gasteiger partial charge in [-0.1, -0.05) is 0 Å². The van der Waals surface area contributed by atoms with E-state index in [0.29, 0.717) is 13.0 Å². The highest BCUT2D eigenvalue weighted by atomic mass is 16.5. The van der Waals surface area contributed by atoms with Gasteiger partial charge in [-0.15, -0.1) is 0 Å². The number of hydrogen-bond acceptors (Lipinski definition) is 4. The van der Waals surface area contributed by atoms with Crippen LogP contribution in [0.4, 0.5) is 4.79 Å². The number of rotatable bonds is 3. The molecule has 7 nitrogen and oxygen atoms in total. The summed E-state index contributed by atoms with van der Waals surface area (Å²) in [6.07, 6.45) is 1.10. The summed E-state index contributed by atoms with van der Waals surface area (Å²) in [6, 6.07) is 3.31. The zero-order valence-electron chi connectivity index (χ0n) is 12.7. The van der Waals surface area contributed by atoms with E-state index in [1.807, 2.05) is 0 Å². The van der Waals surface area contributed by atoms with E-state index >= 15 is 0 Å². The molecule has 2 rings (SSSR count). The maximum absolute atomic E-state index is 12.2. The Labute approximate surface area is 128 Å². The van der Waals surface area contributed by atoms with Gasteiger partial charge in [-0.3, -0.25) is 9.59 Å². The Balaban J connectivity index is 2.30. The minimum absolute atomic E-state index is 0.0913. The third-order valence-electron chi connectivity index (χ3n) is 4.03. The van der Waals surface area contributed by atoms with Gasteiger partial charge in [0.1, 0.15) is 0 Å². The Morgan fingerprint density at radius 3 is 2.77 bits per heavy atom. The van der Waals surface area contributed by atoms with Crippen LogP contribution < -0.4 is 5.56 Å². The van der Waals surface area contributed by atoms with E-state index in [9.17, 15) is 14.4 Å². The third-order valence-corrected chi connectivity index (χ3v) is 4.03. The first-order chi connectivity index (χ1) is 10.4. The van der Waals surface area contributed by atoms with Crippen molar-refractivity contribution in [3.8, 4) is 0 Å². The van der Waals surface area contributed by atoms with Gasteiger partial charge in [0.15, 0.2) is 0 Å². The van der Waals surface area contributed by atoms with Crippen LogP contribution in [0.2, 0.25) is 0 Å². The number of aryl methyl sites for hydroxylation is 1. The second-order valence-corrected chi connectivity index (χ2v) is 5.39. The number of nitrogens with zero attached hydrogens (tertiary/aromatic N) is 2. The van der Waals surface area contributed by atoms with Crippen LogP contribution in [-0.2, 0) is 16.6 Å². The van der Waals surface area contributed by atoms with Gasteiger partial charge in [0.25, 0.3) is 5.56 Å². The van der Waals surface area contributed by atoms with Crippen LogP contribution in [0.3, 0.4) is 0 Å². The minimum Gasteiger partial charge on any atom is -0.466 e. The summed E-state index contributed by atoms with van der Waals surface area (Å²) in [5, 5.41) is 9.13. The van der Waals surface area contributed by atoms with Crippen molar-refractivity contribution in [1.82, 2.24) is 9.47 Å². The third kappa shape index (κ3) is 3.29. The van der Waals surface area contributed by atoms with Crippen molar-refractivity contribution in [2.45, 2.75) is 19.3 Å². The molecule has 1 aromatic rings. The Kier molecular flexibility index (Phi) is 4.85. The number of carboxylic acid groups (broad SMARTS) is 1. The van der Waals surface area contributed by atoms with Gasteiger partial charge in [-0.2, -0.15) is 0 Å². The van der Waals surface area contributed by atoms with Gasteiger partial charge in [-0.25, -0.2) is 4.79 Å². The lowest BCUT2D eigenvalue weighted by molar-refractivity contribution is -0.150. The summed E-state index contributed by atoms with van der Waals surface area (Å²) >= 11 is 0. The molecule has 0 bridgehead atoms. The van der Waals surface area contributed by atoms with Crippen LogP contribution in [0.5, 0.6) is 0 Å². The molecule has 2 heterocycles. The van der Waals surface area contributed by atoms with E-state index in [1.165, 1.54) is 15.5 Å². The first kappa shape index (κ1) is 16.1. The zero-order chi connectivity index (χ0) is 16.3. The maximum atomic E-state index is 12.2. The fourth-order valence-corrected chi connectivity index (χ4v) is 2.81. The first-order valence-electron chi connectivity index (χ1n) is 7.25. The fourth-order valence-electron chi connectivity index (χ4n) is 2.81. The van der Waals surface area contributed by atoms with E-state index in [2.05, 4.69) is 0 Å². The molecule has 1 fully saturated rings. The molecule has 0 saturated carbocycles. The quantitative estimate of drug-likeness (QED) is 0.843. The van der Waals surface area contributed by atoms with Crippen LogP contribution in [0.25, 0.3) is 0 Å². The molecule has 1 aliphatic heterocycles. The summed E-state index contributed by atoms with van der Waals surface area (Å²) < 4.78 is 6.53. The lowest BCUT2D eigenvalue weighted by atomic mass is 9.81. The van der Waals surface area contributed by atoms with Crippen LogP contribution in [0.1, 0.15) is 24.8 Å². The van der Waals surface area contributed by atoms with Gasteiger partial charge < -0.3 is 19.3 Å². The summed E-state index contributed by atoms with van der Waals surface area (Å²) in [6.45, 7) is 2.38. The molecular formula is C15H20N2O5. The first-order valence-corrected chi connectivity index (χ1v) is 7.25. The summed E-state index contributed by atoms with van der Waals surface area (Å²) in [5.74, 6) is -1.21. The molecule has 1 saturated heterocycles. The molecule has 1 N–H and O–H groups in total. The molecule has 120 valence electrons. The minimum atomic E-state index is -1.04. The molecule has 22 heavy (non-hydrogen) atoms. The Morgan fingerprint density at radius 2 is 2.18 bits per heavy atom. The number of pyridine rings is 1. The van der Waals surface area contributed by atoms with E-state index in [4.69, 9.17) is 9.84 Å². The summed E-state index contributed by atoms with van der Waals surface area (Å²) in [5.41, 5.74) is 0.604. The van der Waals surface area contributed by atoms with Gasteiger partial charge in [-0.05, 0) is 25.0 Å². The number of carbonyl (C=O) groups is 2. The summed E-state index contributed by atoms with van der Waals surface area (Å²) in [7, 11) is 1.65. The van der Waals surface area contributed by atoms with E-state index in [1.54, 1.807) is 26.2 Å². The molecule has 0 unspecified atom stereocenters. The van der Waals surface area contributed by atoms with Gasteiger partial charge in [0.2, 0.25) is 0 Å². The number of esters is 1. The highest BCUT2D eigenvalue weighted by Crippen LogP contribution is 2.33. The molecule has 2 atom stereocenters. The lowest BCUT2D eigenvalue weighted by Gasteiger charge is -2.36. The van der Waals surface area contributed by atoms with Crippen LogP contribution >= 0.6 is 0 Å². The maximum Gasteiger partial charge on any atom is 0.407 e. The average molecular weight is 308 g/mol. The number of amides is 1. The van der Waals surface area contributed by atoms with Gasteiger partial charge >= 0.3 is 12.1 Å². The highest BCUT2D eigenvalue weighted by Gasteiger charge is 2.38. The van der Waals surface area contributed by atoms with E-state index in [0.717, 1.165) is 5.56 Å². The molecule has 1 aliphatic rings. The van der Waals surface area contributed by atoms with E-state index < -0.39 is 18.0 Å². The average Bonchev–Trinajstić information content (AvgIpc) is 2.49. The van der Waals surface area contributed by atoms with Gasteiger partial charge in [0, 0.05) is 38.3 Å². The Bertz CT molecular complexity index is 625. The predicted molar refractivity (Wildman–Crippen MR) is 78.8 cm³/mol. The summed E-state index contributed by atoms with van der Waals surface area (Å²) in [4.78, 5) is 36.3. The Hall–Kier alpha value is -2.31. The van der Waals surface area contributed by atoms with E-state index in [-0.39, 0.29) is 24.6 Å². The smallest absolute Gasteiger partial charge is 0.407 e. The SMILES string of the molecule is CCOC(=O)[C@H]1CN(C(=O)O)CC[C@@H]1c1ccn(C)c(=O)c1. The van der Waals surface area contributed by atoms with Crippen LogP contribution in [-0.4, -0.2) is 46.3 Å². The second kappa shape index (κ2) is 6.64. The monoisotopic (exact) mass is 308 g/mol. The van der Waals surface area contributed by atoms with Crippen molar-refractivity contribution >= 4 is 12.1 Å². The Morgan fingerprint density at radius 1 is 1.45 bits per heavy atom. The van der Waals surface area contributed by atoms with Crippen molar-refractivity contribution < 1.29 is 19.4 Å². The number of piperidine rings is 1. The topological polar surface area (TPSA) is 88.8 Å².